The van der Waals surface area contributed by atoms with E-state index in [-0.39, 0.29) is 11.2 Å². The first-order valence-electron chi connectivity index (χ1n) is 4.55. The van der Waals surface area contributed by atoms with Crippen LogP contribution in [-0.2, 0) is 4.79 Å². The molecule has 0 rings (SSSR count). The van der Waals surface area contributed by atoms with Crippen LogP contribution in [0.15, 0.2) is 23.9 Å². The molecule has 0 radical (unpaired) electrons. The second-order valence-corrected chi connectivity index (χ2v) is 4.05. The van der Waals surface area contributed by atoms with E-state index in [4.69, 9.17) is 5.73 Å². The van der Waals surface area contributed by atoms with Gasteiger partial charge in [-0.1, -0.05) is 33.8 Å². The van der Waals surface area contributed by atoms with Crippen molar-refractivity contribution in [3.8, 4) is 0 Å². The zero-order valence-corrected chi connectivity index (χ0v) is 8.92. The summed E-state index contributed by atoms with van der Waals surface area (Å²) < 4.78 is 0. The molecule has 2 nitrogen and oxygen atoms in total. The van der Waals surface area contributed by atoms with Crippen molar-refractivity contribution < 1.29 is 4.79 Å². The molecule has 0 bridgehead atoms. The lowest BCUT2D eigenvalue weighted by Crippen LogP contribution is -2.16. The van der Waals surface area contributed by atoms with Gasteiger partial charge in [0.25, 0.3) is 0 Å². The van der Waals surface area contributed by atoms with Crippen molar-refractivity contribution in [2.24, 2.45) is 11.1 Å². The van der Waals surface area contributed by atoms with Crippen molar-refractivity contribution in [3.63, 3.8) is 0 Å². The molecule has 0 heterocycles. The van der Waals surface area contributed by atoms with Gasteiger partial charge >= 0.3 is 0 Å². The number of nitrogens with two attached hydrogens (primary N) is 1. The zero-order chi connectivity index (χ0) is 10.5. The van der Waals surface area contributed by atoms with Gasteiger partial charge in [-0.2, -0.15) is 0 Å². The Balaban J connectivity index is 4.28. The first-order chi connectivity index (χ1) is 5.88. The summed E-state index contributed by atoms with van der Waals surface area (Å²) in [4.78, 5) is 10.9. The van der Waals surface area contributed by atoms with Gasteiger partial charge in [0.05, 0.1) is 0 Å². The lowest BCUT2D eigenvalue weighted by molar-refractivity contribution is -0.114. The minimum absolute atomic E-state index is 0.0282. The average molecular weight is 181 g/mol. The Kier molecular flexibility index (Phi) is 4.46. The number of allylic oxidation sites excluding steroid dienone is 4. The van der Waals surface area contributed by atoms with Crippen LogP contribution in [0.2, 0.25) is 0 Å². The third-order valence-corrected chi connectivity index (χ3v) is 1.77. The van der Waals surface area contributed by atoms with Gasteiger partial charge in [-0.15, -0.1) is 0 Å². The van der Waals surface area contributed by atoms with Gasteiger partial charge in [0.15, 0.2) is 5.78 Å². The van der Waals surface area contributed by atoms with E-state index in [0.29, 0.717) is 6.42 Å². The van der Waals surface area contributed by atoms with Gasteiger partial charge < -0.3 is 5.73 Å². The Labute approximate surface area is 80.5 Å². The molecule has 2 heteroatoms. The van der Waals surface area contributed by atoms with Crippen molar-refractivity contribution in [2.45, 2.75) is 34.1 Å². The third-order valence-electron chi connectivity index (χ3n) is 1.77. The van der Waals surface area contributed by atoms with E-state index < -0.39 is 0 Å². The van der Waals surface area contributed by atoms with Crippen LogP contribution in [0.3, 0.4) is 0 Å². The molecule has 2 N–H and O–H groups in total. The fourth-order valence-electron chi connectivity index (χ4n) is 0.627. The zero-order valence-electron chi connectivity index (χ0n) is 8.92. The maximum Gasteiger partial charge on any atom is 0.155 e. The van der Waals surface area contributed by atoms with E-state index in [1.165, 1.54) is 0 Å². The summed E-state index contributed by atoms with van der Waals surface area (Å²) in [7, 11) is 0. The number of carbonyl (C=O) groups excluding carboxylic acids is 1. The molecule has 74 valence electrons. The molecule has 0 saturated heterocycles. The van der Waals surface area contributed by atoms with Crippen molar-refractivity contribution in [1.82, 2.24) is 0 Å². The summed E-state index contributed by atoms with van der Waals surface area (Å²) in [6.07, 6.45) is 5.60. The standard InChI is InChI=1S/C11H19NO/c1-5-9(13)7-6-8-10(12)11(2,3)4/h6-8H,5,12H2,1-4H3/b7-6-,10-8-. The second-order valence-electron chi connectivity index (χ2n) is 4.05. The highest BCUT2D eigenvalue weighted by atomic mass is 16.1. The molecular formula is C11H19NO. The van der Waals surface area contributed by atoms with E-state index in [1.54, 1.807) is 18.2 Å². The number of rotatable bonds is 3. The Morgan fingerprint density at radius 3 is 2.31 bits per heavy atom. The summed E-state index contributed by atoms with van der Waals surface area (Å²) >= 11 is 0. The topological polar surface area (TPSA) is 43.1 Å². The third kappa shape index (κ3) is 5.23. The maximum atomic E-state index is 10.9. The molecule has 0 aromatic rings. The first-order valence-corrected chi connectivity index (χ1v) is 4.55. The van der Waals surface area contributed by atoms with Crippen molar-refractivity contribution in [3.05, 3.63) is 23.9 Å². The SMILES string of the molecule is CCC(=O)/C=C\C=C(/N)C(C)(C)C. The molecule has 0 amide bonds. The molecule has 0 atom stereocenters. The van der Waals surface area contributed by atoms with Crippen molar-refractivity contribution in [1.29, 1.82) is 0 Å². The lowest BCUT2D eigenvalue weighted by atomic mass is 9.92. The highest BCUT2D eigenvalue weighted by Gasteiger charge is 2.11. The molecule has 0 unspecified atom stereocenters. The van der Waals surface area contributed by atoms with Crippen molar-refractivity contribution >= 4 is 5.78 Å². The van der Waals surface area contributed by atoms with Gasteiger partial charge in [-0.05, 0) is 12.2 Å². The number of carbonyl (C=O) groups is 1. The van der Waals surface area contributed by atoms with Crippen LogP contribution in [-0.4, -0.2) is 5.78 Å². The van der Waals surface area contributed by atoms with E-state index in [9.17, 15) is 4.79 Å². The van der Waals surface area contributed by atoms with Crippen LogP contribution in [0.4, 0.5) is 0 Å². The van der Waals surface area contributed by atoms with E-state index >= 15 is 0 Å². The minimum Gasteiger partial charge on any atom is -0.402 e. The quantitative estimate of drug-likeness (QED) is 0.536. The van der Waals surface area contributed by atoms with Crippen molar-refractivity contribution in [2.75, 3.05) is 0 Å². The fraction of sp³-hybridized carbons (Fsp3) is 0.545. The number of hydrogen-bond acceptors (Lipinski definition) is 2. The van der Waals surface area contributed by atoms with Gasteiger partial charge in [0.1, 0.15) is 0 Å². The number of hydrogen-bond donors (Lipinski definition) is 1. The predicted molar refractivity (Wildman–Crippen MR) is 56.2 cm³/mol. The molecule has 0 aromatic carbocycles. The molecule has 0 aliphatic rings. The molecule has 0 aliphatic carbocycles. The second kappa shape index (κ2) is 4.85. The summed E-state index contributed by atoms with van der Waals surface area (Å²) in [5, 5.41) is 0. The highest BCUT2D eigenvalue weighted by Crippen LogP contribution is 2.20. The summed E-state index contributed by atoms with van der Waals surface area (Å²) in [5.74, 6) is 0.123. The summed E-state index contributed by atoms with van der Waals surface area (Å²) in [5.41, 5.74) is 6.53. The minimum atomic E-state index is -0.0282. The largest absolute Gasteiger partial charge is 0.402 e. The Bertz CT molecular complexity index is 231. The summed E-state index contributed by atoms with van der Waals surface area (Å²) in [6, 6.07) is 0. The van der Waals surface area contributed by atoms with Gasteiger partial charge in [0, 0.05) is 17.5 Å². The molecule has 13 heavy (non-hydrogen) atoms. The van der Waals surface area contributed by atoms with E-state index in [1.807, 2.05) is 27.7 Å². The number of ketones is 1. The summed E-state index contributed by atoms with van der Waals surface area (Å²) in [6.45, 7) is 7.94. The van der Waals surface area contributed by atoms with Gasteiger partial charge in [0.2, 0.25) is 0 Å². The average Bonchev–Trinajstić information content (AvgIpc) is 2.02. The van der Waals surface area contributed by atoms with Crippen LogP contribution in [0, 0.1) is 5.41 Å². The lowest BCUT2D eigenvalue weighted by Gasteiger charge is -2.18. The van der Waals surface area contributed by atoms with Crippen LogP contribution in [0.5, 0.6) is 0 Å². The molecule has 0 aliphatic heterocycles. The fourth-order valence-corrected chi connectivity index (χ4v) is 0.627. The smallest absolute Gasteiger partial charge is 0.155 e. The Morgan fingerprint density at radius 2 is 1.92 bits per heavy atom. The van der Waals surface area contributed by atoms with Crippen LogP contribution < -0.4 is 5.73 Å². The Hall–Kier alpha value is -1.05. The van der Waals surface area contributed by atoms with Crippen LogP contribution in [0.25, 0.3) is 0 Å². The molecule has 0 aromatic heterocycles. The molecule has 0 spiro atoms. The van der Waals surface area contributed by atoms with E-state index in [2.05, 4.69) is 0 Å². The molecule has 0 fully saturated rings. The molecular weight excluding hydrogens is 162 g/mol. The van der Waals surface area contributed by atoms with Gasteiger partial charge in [-0.25, -0.2) is 0 Å². The van der Waals surface area contributed by atoms with E-state index in [0.717, 1.165) is 5.70 Å². The normalized spacial score (nSPS) is 13.7. The van der Waals surface area contributed by atoms with Gasteiger partial charge in [-0.3, -0.25) is 4.79 Å². The molecule has 0 saturated carbocycles. The van der Waals surface area contributed by atoms with Crippen LogP contribution in [0.1, 0.15) is 34.1 Å². The maximum absolute atomic E-state index is 10.9. The monoisotopic (exact) mass is 181 g/mol. The highest BCUT2D eigenvalue weighted by molar-refractivity contribution is 5.89. The first kappa shape index (κ1) is 11.9. The predicted octanol–water partition coefficient (Wildman–Crippen LogP) is 2.41. The van der Waals surface area contributed by atoms with Crippen LogP contribution >= 0.6 is 0 Å². The Morgan fingerprint density at radius 1 is 1.38 bits per heavy atom.